The van der Waals surface area contributed by atoms with Gasteiger partial charge in [0.25, 0.3) is 0 Å². The molecular weight excluding hydrogens is 234 g/mol. The first-order valence-corrected chi connectivity index (χ1v) is 5.78. The summed E-state index contributed by atoms with van der Waals surface area (Å²) in [6, 6.07) is 2.39. The second-order valence-corrected chi connectivity index (χ2v) is 4.11. The Morgan fingerprint density at radius 2 is 1.88 bits per heavy atom. The third-order valence-corrected chi connectivity index (χ3v) is 2.73. The van der Waals surface area contributed by atoms with Gasteiger partial charge in [0.05, 0.1) is 6.61 Å². The second-order valence-electron chi connectivity index (χ2n) is 3.85. The highest BCUT2D eigenvalue weighted by molar-refractivity contribution is 6.17. The number of halogens is 3. The SMILES string of the molecule is CCC(C)COc1c(F)cc(CCl)cc1F. The van der Waals surface area contributed by atoms with E-state index in [9.17, 15) is 8.78 Å². The Bertz CT molecular complexity index is 332. The van der Waals surface area contributed by atoms with Crippen LogP contribution < -0.4 is 4.74 Å². The molecule has 0 aromatic heterocycles. The summed E-state index contributed by atoms with van der Waals surface area (Å²) < 4.78 is 32.0. The zero-order valence-corrected chi connectivity index (χ0v) is 10.2. The second kappa shape index (κ2) is 6.04. The Hall–Kier alpha value is -0.830. The van der Waals surface area contributed by atoms with Crippen molar-refractivity contribution in [1.29, 1.82) is 0 Å². The number of alkyl halides is 1. The van der Waals surface area contributed by atoms with E-state index in [1.165, 1.54) is 12.1 Å². The molecule has 0 spiro atoms. The van der Waals surface area contributed by atoms with Gasteiger partial charge in [-0.1, -0.05) is 20.3 Å². The molecule has 0 fully saturated rings. The van der Waals surface area contributed by atoms with Gasteiger partial charge in [-0.25, -0.2) is 8.78 Å². The third kappa shape index (κ3) is 3.34. The van der Waals surface area contributed by atoms with Crippen molar-refractivity contribution >= 4 is 11.6 Å². The van der Waals surface area contributed by atoms with Crippen molar-refractivity contribution in [2.45, 2.75) is 26.1 Å². The minimum Gasteiger partial charge on any atom is -0.487 e. The summed E-state index contributed by atoms with van der Waals surface area (Å²) in [5.74, 6) is -1.35. The topological polar surface area (TPSA) is 9.23 Å². The smallest absolute Gasteiger partial charge is 0.190 e. The van der Waals surface area contributed by atoms with Crippen LogP contribution in [0.25, 0.3) is 0 Å². The van der Waals surface area contributed by atoms with Crippen LogP contribution in [0.4, 0.5) is 8.78 Å². The lowest BCUT2D eigenvalue weighted by molar-refractivity contribution is 0.235. The van der Waals surface area contributed by atoms with Crippen LogP contribution in [0.15, 0.2) is 12.1 Å². The van der Waals surface area contributed by atoms with E-state index >= 15 is 0 Å². The quantitative estimate of drug-likeness (QED) is 0.712. The molecule has 1 rings (SSSR count). The first-order valence-electron chi connectivity index (χ1n) is 5.25. The van der Waals surface area contributed by atoms with Crippen LogP contribution in [0.3, 0.4) is 0 Å². The molecular formula is C12H15ClF2O. The minimum atomic E-state index is -0.695. The molecule has 16 heavy (non-hydrogen) atoms. The van der Waals surface area contributed by atoms with Crippen LogP contribution >= 0.6 is 11.6 Å². The van der Waals surface area contributed by atoms with Gasteiger partial charge in [-0.3, -0.25) is 0 Å². The summed E-state index contributed by atoms with van der Waals surface area (Å²) in [5, 5.41) is 0. The molecule has 1 atom stereocenters. The van der Waals surface area contributed by atoms with Gasteiger partial charge in [0, 0.05) is 5.88 Å². The molecule has 1 unspecified atom stereocenters. The van der Waals surface area contributed by atoms with E-state index < -0.39 is 11.6 Å². The number of hydrogen-bond acceptors (Lipinski definition) is 1. The fourth-order valence-electron chi connectivity index (χ4n) is 1.17. The Morgan fingerprint density at radius 3 is 2.31 bits per heavy atom. The lowest BCUT2D eigenvalue weighted by atomic mass is 10.1. The molecule has 0 amide bonds. The molecule has 0 saturated carbocycles. The lowest BCUT2D eigenvalue weighted by Gasteiger charge is -2.12. The monoisotopic (exact) mass is 248 g/mol. The van der Waals surface area contributed by atoms with Gasteiger partial charge in [0.1, 0.15) is 0 Å². The molecule has 1 nitrogen and oxygen atoms in total. The Labute approximate surface area is 99.4 Å². The summed E-state index contributed by atoms with van der Waals surface area (Å²) in [4.78, 5) is 0. The normalized spacial score (nSPS) is 12.6. The first kappa shape index (κ1) is 13.2. The molecule has 0 radical (unpaired) electrons. The predicted octanol–water partition coefficient (Wildman–Crippen LogP) is 4.13. The molecule has 0 aliphatic heterocycles. The standard InChI is InChI=1S/C12H15ClF2O/c1-3-8(2)7-16-12-10(14)4-9(6-13)5-11(12)15/h4-5,8H,3,6-7H2,1-2H3. The highest BCUT2D eigenvalue weighted by atomic mass is 35.5. The van der Waals surface area contributed by atoms with Crippen molar-refractivity contribution in [3.63, 3.8) is 0 Å². The summed E-state index contributed by atoms with van der Waals surface area (Å²) in [7, 11) is 0. The van der Waals surface area contributed by atoms with Crippen LogP contribution in [0.1, 0.15) is 25.8 Å². The molecule has 0 heterocycles. The Balaban J connectivity index is 2.80. The maximum atomic E-state index is 13.4. The Morgan fingerprint density at radius 1 is 1.31 bits per heavy atom. The molecule has 4 heteroatoms. The van der Waals surface area contributed by atoms with E-state index in [1.807, 2.05) is 13.8 Å². The van der Waals surface area contributed by atoms with Gasteiger partial charge in [-0.05, 0) is 23.6 Å². The van der Waals surface area contributed by atoms with Crippen molar-refractivity contribution in [2.24, 2.45) is 5.92 Å². The van der Waals surface area contributed by atoms with Crippen LogP contribution in [0.5, 0.6) is 5.75 Å². The summed E-state index contributed by atoms with van der Waals surface area (Å²) in [6.45, 7) is 4.27. The highest BCUT2D eigenvalue weighted by Crippen LogP contribution is 2.24. The van der Waals surface area contributed by atoms with E-state index in [-0.39, 0.29) is 17.5 Å². The average Bonchev–Trinajstić information content (AvgIpc) is 2.27. The van der Waals surface area contributed by atoms with Crippen LogP contribution in [-0.4, -0.2) is 6.61 Å². The van der Waals surface area contributed by atoms with E-state index in [1.54, 1.807) is 0 Å². The molecule has 0 aliphatic carbocycles. The largest absolute Gasteiger partial charge is 0.487 e. The van der Waals surface area contributed by atoms with E-state index in [0.29, 0.717) is 12.2 Å². The summed E-state index contributed by atoms with van der Waals surface area (Å²) in [6.07, 6.45) is 0.906. The van der Waals surface area contributed by atoms with Crippen molar-refractivity contribution in [3.8, 4) is 5.75 Å². The molecule has 0 aliphatic rings. The van der Waals surface area contributed by atoms with Gasteiger partial charge in [0.2, 0.25) is 0 Å². The summed E-state index contributed by atoms with van der Waals surface area (Å²) >= 11 is 5.50. The lowest BCUT2D eigenvalue weighted by Crippen LogP contribution is -2.09. The third-order valence-electron chi connectivity index (χ3n) is 2.42. The van der Waals surface area contributed by atoms with E-state index in [0.717, 1.165) is 6.42 Å². The number of hydrogen-bond donors (Lipinski definition) is 0. The van der Waals surface area contributed by atoms with Gasteiger partial charge in [-0.15, -0.1) is 11.6 Å². The first-order chi connectivity index (χ1) is 7.58. The Kier molecular flexibility index (Phi) is 5.00. The fourth-order valence-corrected chi connectivity index (χ4v) is 1.33. The fraction of sp³-hybridized carbons (Fsp3) is 0.500. The van der Waals surface area contributed by atoms with E-state index in [4.69, 9.17) is 16.3 Å². The zero-order chi connectivity index (χ0) is 12.1. The minimum absolute atomic E-state index is 0.0828. The molecule has 0 N–H and O–H groups in total. The number of ether oxygens (including phenoxy) is 1. The highest BCUT2D eigenvalue weighted by Gasteiger charge is 2.13. The molecule has 0 saturated heterocycles. The summed E-state index contributed by atoms with van der Waals surface area (Å²) in [5.41, 5.74) is 0.410. The van der Waals surface area contributed by atoms with Crippen molar-refractivity contribution in [2.75, 3.05) is 6.61 Å². The zero-order valence-electron chi connectivity index (χ0n) is 9.40. The van der Waals surface area contributed by atoms with Gasteiger partial charge in [-0.2, -0.15) is 0 Å². The maximum Gasteiger partial charge on any atom is 0.190 e. The molecule has 90 valence electrons. The predicted molar refractivity (Wildman–Crippen MR) is 60.9 cm³/mol. The maximum absolute atomic E-state index is 13.4. The van der Waals surface area contributed by atoms with Crippen molar-refractivity contribution in [1.82, 2.24) is 0 Å². The number of benzene rings is 1. The van der Waals surface area contributed by atoms with E-state index in [2.05, 4.69) is 0 Å². The van der Waals surface area contributed by atoms with Gasteiger partial charge in [0.15, 0.2) is 17.4 Å². The molecule has 1 aromatic carbocycles. The van der Waals surface area contributed by atoms with Crippen molar-refractivity contribution in [3.05, 3.63) is 29.3 Å². The van der Waals surface area contributed by atoms with Gasteiger partial charge < -0.3 is 4.74 Å². The van der Waals surface area contributed by atoms with Crippen LogP contribution in [-0.2, 0) is 5.88 Å². The average molecular weight is 249 g/mol. The number of rotatable bonds is 5. The van der Waals surface area contributed by atoms with Gasteiger partial charge >= 0.3 is 0 Å². The van der Waals surface area contributed by atoms with Crippen molar-refractivity contribution < 1.29 is 13.5 Å². The van der Waals surface area contributed by atoms with Crippen LogP contribution in [0, 0.1) is 17.6 Å². The van der Waals surface area contributed by atoms with Crippen LogP contribution in [0.2, 0.25) is 0 Å². The molecule has 1 aromatic rings. The molecule has 0 bridgehead atoms.